The van der Waals surface area contributed by atoms with Gasteiger partial charge in [-0.1, -0.05) is 19.9 Å². The molecule has 6 heteroatoms. The maximum absolute atomic E-state index is 12.1. The number of ether oxygens (including phenoxy) is 2. The average molecular weight is 471 g/mol. The molecular weight excluding hydrogens is 432 g/mol. The third-order valence-electron chi connectivity index (χ3n) is 10.3. The van der Waals surface area contributed by atoms with Crippen LogP contribution in [0.1, 0.15) is 90.7 Å². The molecule has 9 atom stereocenters. The van der Waals surface area contributed by atoms with Gasteiger partial charge in [0.25, 0.3) is 0 Å². The van der Waals surface area contributed by atoms with Crippen LogP contribution in [0.3, 0.4) is 0 Å². The third-order valence-corrected chi connectivity index (χ3v) is 10.3. The number of rotatable bonds is 3. The van der Waals surface area contributed by atoms with E-state index in [9.17, 15) is 14.4 Å². The van der Waals surface area contributed by atoms with Crippen molar-refractivity contribution in [3.8, 4) is 0 Å². The maximum Gasteiger partial charge on any atom is 0.335 e. The van der Waals surface area contributed by atoms with Crippen LogP contribution in [0.25, 0.3) is 0 Å². The summed E-state index contributed by atoms with van der Waals surface area (Å²) < 4.78 is 17.3. The highest BCUT2D eigenvalue weighted by Gasteiger charge is 2.63. The fourth-order valence-electron chi connectivity index (χ4n) is 8.98. The number of carbonyl (C=O) groups is 2. The minimum atomic E-state index is -0.272. The molecule has 0 spiro atoms. The van der Waals surface area contributed by atoms with Gasteiger partial charge in [-0.25, -0.2) is 4.79 Å². The van der Waals surface area contributed by atoms with Crippen LogP contribution in [0.15, 0.2) is 27.4 Å². The molecule has 1 aromatic rings. The second-order valence-electron chi connectivity index (χ2n) is 11.9. The lowest BCUT2D eigenvalue weighted by Gasteiger charge is -2.62. The van der Waals surface area contributed by atoms with E-state index in [1.54, 1.807) is 0 Å². The molecule has 1 heterocycles. The second-order valence-corrected chi connectivity index (χ2v) is 11.9. The fourth-order valence-corrected chi connectivity index (χ4v) is 8.98. The molecule has 9 unspecified atom stereocenters. The van der Waals surface area contributed by atoms with Gasteiger partial charge in [-0.15, -0.1) is 0 Å². The van der Waals surface area contributed by atoms with Crippen LogP contribution < -0.4 is 5.63 Å². The summed E-state index contributed by atoms with van der Waals surface area (Å²) in [5.41, 5.74) is -0.124. The van der Waals surface area contributed by atoms with Crippen LogP contribution in [0.2, 0.25) is 0 Å². The van der Waals surface area contributed by atoms with E-state index in [4.69, 9.17) is 13.9 Å². The first kappa shape index (κ1) is 23.6. The number of hydrogen-bond acceptors (Lipinski definition) is 6. The Labute approximate surface area is 201 Å². The monoisotopic (exact) mass is 470 g/mol. The second kappa shape index (κ2) is 8.53. The molecule has 0 saturated heterocycles. The van der Waals surface area contributed by atoms with E-state index in [-0.39, 0.29) is 52.4 Å². The van der Waals surface area contributed by atoms with Crippen LogP contribution in [-0.2, 0) is 19.1 Å². The predicted molar refractivity (Wildman–Crippen MR) is 126 cm³/mol. The van der Waals surface area contributed by atoms with Gasteiger partial charge in [-0.2, -0.15) is 0 Å². The highest BCUT2D eigenvalue weighted by atomic mass is 16.5. The zero-order valence-corrected chi connectivity index (χ0v) is 20.9. The van der Waals surface area contributed by atoms with E-state index in [0.29, 0.717) is 17.8 Å². The summed E-state index contributed by atoms with van der Waals surface area (Å²) in [5.74, 6) is 2.41. The van der Waals surface area contributed by atoms with Crippen LogP contribution in [0.5, 0.6) is 0 Å². The lowest BCUT2D eigenvalue weighted by Crippen LogP contribution is -2.59. The first-order valence-electron chi connectivity index (χ1n) is 13.1. The summed E-state index contributed by atoms with van der Waals surface area (Å²) in [6, 6.07) is 5.27. The fraction of sp³-hybridized carbons (Fsp3) is 0.750. The molecule has 1 aromatic heterocycles. The lowest BCUT2D eigenvalue weighted by molar-refractivity contribution is -0.195. The molecule has 5 rings (SSSR count). The van der Waals surface area contributed by atoms with Crippen molar-refractivity contribution in [1.29, 1.82) is 0 Å². The first-order chi connectivity index (χ1) is 16.1. The van der Waals surface area contributed by atoms with Gasteiger partial charge in [0.1, 0.15) is 18.0 Å². The maximum atomic E-state index is 12.1. The van der Waals surface area contributed by atoms with Gasteiger partial charge in [-0.3, -0.25) is 9.59 Å². The molecular formula is C28H38O6. The molecule has 4 aliphatic rings. The van der Waals surface area contributed by atoms with E-state index >= 15 is 0 Å². The highest BCUT2D eigenvalue weighted by Crippen LogP contribution is 2.69. The van der Waals surface area contributed by atoms with Crippen molar-refractivity contribution in [2.24, 2.45) is 34.5 Å². The van der Waals surface area contributed by atoms with Crippen LogP contribution in [-0.4, -0.2) is 24.1 Å². The van der Waals surface area contributed by atoms with Crippen LogP contribution in [0, 0.1) is 34.5 Å². The minimum Gasteiger partial charge on any atom is -0.463 e. The molecule has 0 N–H and O–H groups in total. The summed E-state index contributed by atoms with van der Waals surface area (Å²) in [5, 5.41) is 0. The van der Waals surface area contributed by atoms with Gasteiger partial charge >= 0.3 is 17.6 Å². The Hall–Kier alpha value is -2.11. The van der Waals surface area contributed by atoms with Gasteiger partial charge in [0, 0.05) is 31.7 Å². The van der Waals surface area contributed by atoms with Gasteiger partial charge in [-0.05, 0) is 86.0 Å². The van der Waals surface area contributed by atoms with Crippen LogP contribution >= 0.6 is 0 Å². The number of fused-ring (bicyclic) bond motifs is 5. The first-order valence-corrected chi connectivity index (χ1v) is 13.1. The van der Waals surface area contributed by atoms with Gasteiger partial charge in [0.05, 0.1) is 0 Å². The molecule has 34 heavy (non-hydrogen) atoms. The van der Waals surface area contributed by atoms with Crippen molar-refractivity contribution < 1.29 is 23.5 Å². The van der Waals surface area contributed by atoms with Crippen molar-refractivity contribution in [3.63, 3.8) is 0 Å². The molecule has 0 aliphatic heterocycles. The van der Waals surface area contributed by atoms with Crippen molar-refractivity contribution in [3.05, 3.63) is 34.4 Å². The number of esters is 2. The SMILES string of the molecule is CC(=O)OC1CCC2(C)C(C1)C(OC(C)=O)CC1C3CCC(c4cccc(=O)o4)C3(C)CCC12. The number of hydrogen-bond donors (Lipinski definition) is 0. The third kappa shape index (κ3) is 3.81. The average Bonchev–Trinajstić information content (AvgIpc) is 3.11. The van der Waals surface area contributed by atoms with E-state index in [1.807, 2.05) is 12.1 Å². The molecule has 0 aromatic carbocycles. The molecule has 186 valence electrons. The summed E-state index contributed by atoms with van der Waals surface area (Å²) in [7, 11) is 0. The molecule has 4 aliphatic carbocycles. The van der Waals surface area contributed by atoms with Crippen molar-refractivity contribution in [2.75, 3.05) is 0 Å². The molecule has 4 saturated carbocycles. The normalized spacial score (nSPS) is 43.2. The summed E-state index contributed by atoms with van der Waals surface area (Å²) >= 11 is 0. The summed E-state index contributed by atoms with van der Waals surface area (Å²) in [6.07, 6.45) is 7.71. The van der Waals surface area contributed by atoms with Gasteiger partial charge in [0.2, 0.25) is 0 Å². The van der Waals surface area contributed by atoms with E-state index < -0.39 is 0 Å². The summed E-state index contributed by atoms with van der Waals surface area (Å²) in [6.45, 7) is 7.77. The van der Waals surface area contributed by atoms with Crippen molar-refractivity contribution in [1.82, 2.24) is 0 Å². The highest BCUT2D eigenvalue weighted by molar-refractivity contribution is 5.66. The van der Waals surface area contributed by atoms with Gasteiger partial charge < -0.3 is 13.9 Å². The van der Waals surface area contributed by atoms with Crippen molar-refractivity contribution >= 4 is 11.9 Å². The smallest absolute Gasteiger partial charge is 0.335 e. The molecule has 0 radical (unpaired) electrons. The van der Waals surface area contributed by atoms with Gasteiger partial charge in [0.15, 0.2) is 0 Å². The zero-order chi connectivity index (χ0) is 24.3. The Kier molecular flexibility index (Phi) is 5.92. The molecule has 6 nitrogen and oxygen atoms in total. The van der Waals surface area contributed by atoms with E-state index in [1.165, 1.54) is 19.9 Å². The molecule has 0 bridgehead atoms. The Morgan fingerprint density at radius 1 is 0.882 bits per heavy atom. The van der Waals surface area contributed by atoms with E-state index in [2.05, 4.69) is 13.8 Å². The Morgan fingerprint density at radius 2 is 1.59 bits per heavy atom. The zero-order valence-electron chi connectivity index (χ0n) is 20.9. The summed E-state index contributed by atoms with van der Waals surface area (Å²) in [4.78, 5) is 35.7. The molecule has 4 fully saturated rings. The lowest BCUT2D eigenvalue weighted by atomic mass is 9.44. The molecule has 0 amide bonds. The van der Waals surface area contributed by atoms with Crippen molar-refractivity contribution in [2.45, 2.75) is 97.2 Å². The largest absolute Gasteiger partial charge is 0.463 e. The van der Waals surface area contributed by atoms with E-state index in [0.717, 1.165) is 57.1 Å². The Balaban J connectivity index is 1.45. The predicted octanol–water partition coefficient (Wildman–Crippen LogP) is 5.24. The Morgan fingerprint density at radius 3 is 2.29 bits per heavy atom. The Bertz CT molecular complexity index is 1010. The topological polar surface area (TPSA) is 82.8 Å². The van der Waals surface area contributed by atoms with Crippen LogP contribution in [0.4, 0.5) is 0 Å². The minimum absolute atomic E-state index is 0.0679. The number of carbonyl (C=O) groups excluding carboxylic acids is 2. The standard InChI is InChI=1S/C28H38O6/c1-16(29)32-18-10-12-28(4)21-11-13-27(3)20(8-9-22(27)24-6-5-7-26(31)34-24)19(21)15-25(23(28)14-18)33-17(2)30/h5-7,18-23,25H,8-15H2,1-4H3. The quantitative estimate of drug-likeness (QED) is 0.562.